The van der Waals surface area contributed by atoms with Gasteiger partial charge in [0, 0.05) is 18.8 Å². The van der Waals surface area contributed by atoms with E-state index in [0.29, 0.717) is 18.8 Å². The van der Waals surface area contributed by atoms with Crippen molar-refractivity contribution in [1.29, 1.82) is 0 Å². The van der Waals surface area contributed by atoms with Crippen molar-refractivity contribution in [2.24, 2.45) is 0 Å². The van der Waals surface area contributed by atoms with Crippen LogP contribution in [0.2, 0.25) is 0 Å². The third-order valence-electron chi connectivity index (χ3n) is 5.26. The number of rotatable bonds is 7. The van der Waals surface area contributed by atoms with Gasteiger partial charge in [-0.2, -0.15) is 4.31 Å². The predicted octanol–water partition coefficient (Wildman–Crippen LogP) is 2.70. The summed E-state index contributed by atoms with van der Waals surface area (Å²) in [5.41, 5.74) is 0.675. The largest absolute Gasteiger partial charge is 0.335 e. The van der Waals surface area contributed by atoms with E-state index in [0.717, 1.165) is 29.3 Å². The monoisotopic (exact) mass is 490 g/mol. The molecule has 1 aromatic heterocycles. The zero-order valence-electron chi connectivity index (χ0n) is 17.8. The molecule has 2 aromatic carbocycles. The summed E-state index contributed by atoms with van der Waals surface area (Å²) in [6.07, 6.45) is 1.72. The maximum atomic E-state index is 14.0. The molecule has 12 heteroatoms. The molecule has 0 saturated carbocycles. The van der Waals surface area contributed by atoms with E-state index in [1.54, 1.807) is 37.3 Å². The van der Waals surface area contributed by atoms with Crippen molar-refractivity contribution in [2.45, 2.75) is 35.1 Å². The van der Waals surface area contributed by atoms with E-state index in [-0.39, 0.29) is 27.3 Å². The third-order valence-corrected chi connectivity index (χ3v) is 8.23. The van der Waals surface area contributed by atoms with Gasteiger partial charge in [-0.1, -0.05) is 23.9 Å². The molecule has 0 radical (unpaired) electrons. The summed E-state index contributed by atoms with van der Waals surface area (Å²) in [6.45, 7) is 2.73. The Kier molecular flexibility index (Phi) is 6.68. The number of carbonyl (C=O) groups excluding carboxylic acids is 1. The third kappa shape index (κ3) is 4.87. The van der Waals surface area contributed by atoms with Crippen molar-refractivity contribution in [3.05, 3.63) is 54.3 Å². The molecule has 0 unspecified atom stereocenters. The molecular weight excluding hydrogens is 467 g/mol. The van der Waals surface area contributed by atoms with Gasteiger partial charge < -0.3 is 11.2 Å². The summed E-state index contributed by atoms with van der Waals surface area (Å²) in [7, 11) is -3.51. The smallest absolute Gasteiger partial charge is 0.243 e. The Morgan fingerprint density at radius 3 is 2.45 bits per heavy atom. The molecule has 2 heterocycles. The number of amides is 1. The molecule has 1 saturated heterocycles. The van der Waals surface area contributed by atoms with Gasteiger partial charge in [-0.25, -0.2) is 17.5 Å². The average Bonchev–Trinajstić information content (AvgIpc) is 3.46. The van der Waals surface area contributed by atoms with Crippen LogP contribution in [0.5, 0.6) is 0 Å². The molecule has 1 atom stereocenters. The summed E-state index contributed by atoms with van der Waals surface area (Å²) >= 11 is 1.07. The molecule has 1 fully saturated rings. The zero-order valence-corrected chi connectivity index (χ0v) is 19.4. The SMILES string of the molecule is C[C@@H](Sc1nnc(-c2ccccc2F)n1N)C(=O)Nc1ccc(S(=O)(=O)N2CCCC2)cc1. The number of hydrogen-bond acceptors (Lipinski definition) is 7. The lowest BCUT2D eigenvalue weighted by molar-refractivity contribution is -0.115. The topological polar surface area (TPSA) is 123 Å². The van der Waals surface area contributed by atoms with Gasteiger partial charge in [0.15, 0.2) is 5.82 Å². The fourth-order valence-corrected chi connectivity index (χ4v) is 5.71. The highest BCUT2D eigenvalue weighted by molar-refractivity contribution is 8.00. The van der Waals surface area contributed by atoms with Crippen LogP contribution in [0, 0.1) is 5.82 Å². The highest BCUT2D eigenvalue weighted by atomic mass is 32.2. The van der Waals surface area contributed by atoms with E-state index >= 15 is 0 Å². The first kappa shape index (κ1) is 23.2. The molecule has 4 rings (SSSR count). The molecule has 174 valence electrons. The second kappa shape index (κ2) is 9.49. The Hall–Kier alpha value is -2.96. The summed E-state index contributed by atoms with van der Waals surface area (Å²) in [5.74, 6) is 5.37. The van der Waals surface area contributed by atoms with Crippen LogP contribution in [0.1, 0.15) is 19.8 Å². The van der Waals surface area contributed by atoms with Crippen molar-refractivity contribution in [1.82, 2.24) is 19.2 Å². The quantitative estimate of drug-likeness (QED) is 0.386. The first-order chi connectivity index (χ1) is 15.8. The van der Waals surface area contributed by atoms with Crippen LogP contribution in [0.15, 0.2) is 58.6 Å². The maximum absolute atomic E-state index is 14.0. The van der Waals surface area contributed by atoms with Crippen molar-refractivity contribution in [3.63, 3.8) is 0 Å². The van der Waals surface area contributed by atoms with Gasteiger partial charge in [0.05, 0.1) is 15.7 Å². The lowest BCUT2D eigenvalue weighted by Crippen LogP contribution is -2.28. The standard InChI is InChI=1S/C21H23FN6O3S2/c1-14(32-21-26-25-19(28(21)23)17-6-2-3-7-18(17)22)20(29)24-15-8-10-16(11-9-15)33(30,31)27-12-4-5-13-27/h2-3,6-11,14H,4-5,12-13,23H2,1H3,(H,24,29)/t14-/m1/s1. The van der Waals surface area contributed by atoms with Gasteiger partial charge in [0.2, 0.25) is 21.1 Å². The number of aromatic nitrogens is 3. The highest BCUT2D eigenvalue weighted by Gasteiger charge is 2.27. The lowest BCUT2D eigenvalue weighted by Gasteiger charge is -2.16. The molecule has 33 heavy (non-hydrogen) atoms. The Balaban J connectivity index is 1.41. The molecule has 9 nitrogen and oxygen atoms in total. The number of anilines is 1. The molecule has 0 aliphatic carbocycles. The molecule has 3 N–H and O–H groups in total. The van der Waals surface area contributed by atoms with Crippen LogP contribution in [0.25, 0.3) is 11.4 Å². The number of nitrogens with one attached hydrogen (secondary N) is 1. The van der Waals surface area contributed by atoms with Crippen molar-refractivity contribution in [2.75, 3.05) is 24.2 Å². The van der Waals surface area contributed by atoms with E-state index in [1.165, 1.54) is 22.5 Å². The van der Waals surface area contributed by atoms with Crippen LogP contribution in [0.4, 0.5) is 10.1 Å². The van der Waals surface area contributed by atoms with Crippen LogP contribution in [-0.4, -0.2) is 51.8 Å². The van der Waals surface area contributed by atoms with E-state index in [4.69, 9.17) is 5.84 Å². The molecule has 0 spiro atoms. The number of carbonyl (C=O) groups is 1. The summed E-state index contributed by atoms with van der Waals surface area (Å²) in [5, 5.41) is 10.3. The van der Waals surface area contributed by atoms with Crippen LogP contribution < -0.4 is 11.2 Å². The molecular formula is C21H23FN6O3S2. The van der Waals surface area contributed by atoms with Gasteiger partial charge in [0.1, 0.15) is 5.82 Å². The summed E-state index contributed by atoms with van der Waals surface area (Å²) in [4.78, 5) is 12.8. The minimum Gasteiger partial charge on any atom is -0.335 e. The lowest BCUT2D eigenvalue weighted by atomic mass is 10.2. The minimum absolute atomic E-state index is 0.151. The Morgan fingerprint density at radius 1 is 1.12 bits per heavy atom. The molecule has 1 amide bonds. The Morgan fingerprint density at radius 2 is 1.79 bits per heavy atom. The van der Waals surface area contributed by atoms with Crippen molar-refractivity contribution < 1.29 is 17.6 Å². The number of sulfonamides is 1. The van der Waals surface area contributed by atoms with Crippen molar-refractivity contribution in [3.8, 4) is 11.4 Å². The molecule has 3 aromatic rings. The average molecular weight is 491 g/mol. The highest BCUT2D eigenvalue weighted by Crippen LogP contribution is 2.27. The number of hydrogen-bond donors (Lipinski definition) is 2. The Labute approximate surface area is 195 Å². The minimum atomic E-state index is -3.51. The molecule has 1 aliphatic rings. The first-order valence-electron chi connectivity index (χ1n) is 10.3. The van der Waals surface area contributed by atoms with Crippen LogP contribution >= 0.6 is 11.8 Å². The zero-order chi connectivity index (χ0) is 23.6. The number of nitrogens with two attached hydrogens (primary N) is 1. The number of halogens is 1. The van der Waals surface area contributed by atoms with Crippen LogP contribution in [0.3, 0.4) is 0 Å². The van der Waals surface area contributed by atoms with E-state index < -0.39 is 21.1 Å². The normalized spacial score (nSPS) is 15.5. The van der Waals surface area contributed by atoms with Crippen LogP contribution in [-0.2, 0) is 14.8 Å². The number of nitrogens with zero attached hydrogens (tertiary/aromatic N) is 4. The van der Waals surface area contributed by atoms with E-state index in [2.05, 4.69) is 15.5 Å². The fraction of sp³-hybridized carbons (Fsp3) is 0.286. The number of benzene rings is 2. The molecule has 0 bridgehead atoms. The number of nitrogen functional groups attached to an aromatic ring is 1. The Bertz CT molecular complexity index is 1260. The second-order valence-corrected chi connectivity index (χ2v) is 10.8. The second-order valence-electron chi connectivity index (χ2n) is 7.54. The fourth-order valence-electron chi connectivity index (χ4n) is 3.43. The maximum Gasteiger partial charge on any atom is 0.243 e. The van der Waals surface area contributed by atoms with Gasteiger partial charge in [-0.3, -0.25) is 4.79 Å². The van der Waals surface area contributed by atoms with Gasteiger partial charge in [-0.05, 0) is 56.2 Å². The van der Waals surface area contributed by atoms with E-state index in [9.17, 15) is 17.6 Å². The molecule has 1 aliphatic heterocycles. The van der Waals surface area contributed by atoms with Gasteiger partial charge in [0.25, 0.3) is 0 Å². The summed E-state index contributed by atoms with van der Waals surface area (Å²) < 4.78 is 41.9. The van der Waals surface area contributed by atoms with E-state index in [1.807, 2.05) is 0 Å². The van der Waals surface area contributed by atoms with Crippen molar-refractivity contribution >= 4 is 33.4 Å². The number of thioether (sulfide) groups is 1. The predicted molar refractivity (Wildman–Crippen MR) is 124 cm³/mol. The summed E-state index contributed by atoms with van der Waals surface area (Å²) in [6, 6.07) is 12.1. The first-order valence-corrected chi connectivity index (χ1v) is 12.6. The van der Waals surface area contributed by atoms with Gasteiger partial charge >= 0.3 is 0 Å². The van der Waals surface area contributed by atoms with Gasteiger partial charge in [-0.15, -0.1) is 10.2 Å².